The molecule has 4 nitrogen and oxygen atoms in total. The first kappa shape index (κ1) is 15.1. The molecule has 0 saturated heterocycles. The molecule has 21 heavy (non-hydrogen) atoms. The third-order valence-corrected chi connectivity index (χ3v) is 3.26. The second-order valence-electron chi connectivity index (χ2n) is 4.14. The van der Waals surface area contributed by atoms with Gasteiger partial charge in [-0.2, -0.15) is 0 Å². The van der Waals surface area contributed by atoms with Gasteiger partial charge in [0.05, 0.1) is 11.6 Å². The first-order valence-corrected chi connectivity index (χ1v) is 6.90. The predicted molar refractivity (Wildman–Crippen MR) is 83.9 cm³/mol. The van der Waals surface area contributed by atoms with Crippen LogP contribution in [0.5, 0.6) is 17.2 Å². The maximum absolute atomic E-state index is 10.5. The minimum absolute atomic E-state index is 0.635. The van der Waals surface area contributed by atoms with Crippen LogP contribution in [0.25, 0.3) is 6.08 Å². The second kappa shape index (κ2) is 6.95. The number of carboxylic acids is 1. The van der Waals surface area contributed by atoms with E-state index in [0.29, 0.717) is 17.2 Å². The number of carboxylic acid groups (broad SMARTS) is 1. The summed E-state index contributed by atoms with van der Waals surface area (Å²) >= 11 is 3.41. The molecule has 5 heteroatoms. The summed E-state index contributed by atoms with van der Waals surface area (Å²) in [7, 11) is 1.60. The van der Waals surface area contributed by atoms with Gasteiger partial charge in [0.25, 0.3) is 0 Å². The zero-order valence-corrected chi connectivity index (χ0v) is 12.8. The summed E-state index contributed by atoms with van der Waals surface area (Å²) in [4.78, 5) is 10.5. The fourth-order valence-electron chi connectivity index (χ4n) is 1.66. The van der Waals surface area contributed by atoms with Crippen LogP contribution in [-0.4, -0.2) is 18.2 Å². The maximum atomic E-state index is 10.5. The normalized spacial score (nSPS) is 10.6. The summed E-state index contributed by atoms with van der Waals surface area (Å²) in [6.45, 7) is 0. The van der Waals surface area contributed by atoms with Crippen molar-refractivity contribution < 1.29 is 19.4 Å². The van der Waals surface area contributed by atoms with Crippen molar-refractivity contribution in [1.29, 1.82) is 0 Å². The minimum atomic E-state index is -0.983. The van der Waals surface area contributed by atoms with E-state index in [1.165, 1.54) is 6.08 Å². The Morgan fingerprint density at radius 2 is 1.95 bits per heavy atom. The molecule has 2 rings (SSSR count). The average Bonchev–Trinajstić information content (AvgIpc) is 2.48. The molecule has 108 valence electrons. The summed E-state index contributed by atoms with van der Waals surface area (Å²) in [6, 6.07) is 12.6. The molecule has 1 N–H and O–H groups in total. The number of methoxy groups -OCH3 is 1. The third-order valence-electron chi connectivity index (χ3n) is 2.64. The molecule has 0 aromatic heterocycles. The number of rotatable bonds is 5. The summed E-state index contributed by atoms with van der Waals surface area (Å²) in [6.07, 6.45) is 2.60. The molecule has 0 atom stereocenters. The summed E-state index contributed by atoms with van der Waals surface area (Å²) < 4.78 is 11.6. The van der Waals surface area contributed by atoms with Crippen LogP contribution >= 0.6 is 15.9 Å². The SMILES string of the molecule is COc1cccc(Oc2ccc(/C=C/C(=O)O)cc2Br)c1. The van der Waals surface area contributed by atoms with Gasteiger partial charge in [0.15, 0.2) is 0 Å². The monoisotopic (exact) mass is 348 g/mol. The molecular weight excluding hydrogens is 336 g/mol. The van der Waals surface area contributed by atoms with Crippen LogP contribution in [0.3, 0.4) is 0 Å². The Kier molecular flexibility index (Phi) is 5.00. The highest BCUT2D eigenvalue weighted by atomic mass is 79.9. The number of hydrogen-bond donors (Lipinski definition) is 1. The molecule has 0 aliphatic heterocycles. The third kappa shape index (κ3) is 4.36. The summed E-state index contributed by atoms with van der Waals surface area (Å²) in [5.74, 6) is 1.02. The molecule has 0 bridgehead atoms. The molecule has 0 saturated carbocycles. The highest BCUT2D eigenvalue weighted by molar-refractivity contribution is 9.10. The lowest BCUT2D eigenvalue weighted by atomic mass is 10.2. The quantitative estimate of drug-likeness (QED) is 0.816. The van der Waals surface area contributed by atoms with Crippen LogP contribution in [0.4, 0.5) is 0 Å². The molecule has 0 aliphatic carbocycles. The van der Waals surface area contributed by atoms with Crippen molar-refractivity contribution in [2.24, 2.45) is 0 Å². The zero-order valence-electron chi connectivity index (χ0n) is 11.2. The lowest BCUT2D eigenvalue weighted by molar-refractivity contribution is -0.131. The van der Waals surface area contributed by atoms with Crippen molar-refractivity contribution in [2.45, 2.75) is 0 Å². The van der Waals surface area contributed by atoms with Crippen LogP contribution < -0.4 is 9.47 Å². The topological polar surface area (TPSA) is 55.8 Å². The van der Waals surface area contributed by atoms with E-state index in [9.17, 15) is 4.79 Å². The Morgan fingerprint density at radius 3 is 2.62 bits per heavy atom. The van der Waals surface area contributed by atoms with E-state index in [4.69, 9.17) is 14.6 Å². The number of benzene rings is 2. The zero-order chi connectivity index (χ0) is 15.2. The Morgan fingerprint density at radius 1 is 1.19 bits per heavy atom. The van der Waals surface area contributed by atoms with E-state index >= 15 is 0 Å². The minimum Gasteiger partial charge on any atom is -0.497 e. The molecule has 0 spiro atoms. The Labute approximate surface area is 130 Å². The van der Waals surface area contributed by atoms with Crippen molar-refractivity contribution in [3.8, 4) is 17.2 Å². The molecule has 0 unspecified atom stereocenters. The van der Waals surface area contributed by atoms with Gasteiger partial charge in [0.1, 0.15) is 17.2 Å². The van der Waals surface area contributed by atoms with Crippen LogP contribution in [0, 0.1) is 0 Å². The van der Waals surface area contributed by atoms with E-state index < -0.39 is 5.97 Å². The predicted octanol–water partition coefficient (Wildman–Crippen LogP) is 4.35. The van der Waals surface area contributed by atoms with E-state index in [0.717, 1.165) is 16.1 Å². The Balaban J connectivity index is 2.19. The van der Waals surface area contributed by atoms with E-state index in [1.54, 1.807) is 31.4 Å². The Hall–Kier alpha value is -2.27. The first-order chi connectivity index (χ1) is 10.1. The molecule has 0 fully saturated rings. The van der Waals surface area contributed by atoms with Crippen LogP contribution in [0.2, 0.25) is 0 Å². The second-order valence-corrected chi connectivity index (χ2v) is 5.00. The average molecular weight is 349 g/mol. The lowest BCUT2D eigenvalue weighted by Gasteiger charge is -2.09. The van der Waals surface area contributed by atoms with E-state index in [1.807, 2.05) is 18.2 Å². The fraction of sp³-hybridized carbons (Fsp3) is 0.0625. The van der Waals surface area contributed by atoms with Gasteiger partial charge < -0.3 is 14.6 Å². The number of hydrogen-bond acceptors (Lipinski definition) is 3. The number of ether oxygens (including phenoxy) is 2. The first-order valence-electron chi connectivity index (χ1n) is 6.11. The van der Waals surface area contributed by atoms with Gasteiger partial charge in [-0.05, 0) is 51.8 Å². The van der Waals surface area contributed by atoms with Crippen molar-refractivity contribution >= 4 is 28.0 Å². The van der Waals surface area contributed by atoms with Gasteiger partial charge in [-0.25, -0.2) is 4.79 Å². The Bertz CT molecular complexity index is 680. The molecular formula is C16H13BrO4. The summed E-state index contributed by atoms with van der Waals surface area (Å²) in [5.41, 5.74) is 0.766. The van der Waals surface area contributed by atoms with Crippen LogP contribution in [0.1, 0.15) is 5.56 Å². The molecule has 0 aliphatic rings. The maximum Gasteiger partial charge on any atom is 0.328 e. The number of aliphatic carboxylic acids is 1. The van der Waals surface area contributed by atoms with Gasteiger partial charge in [-0.3, -0.25) is 0 Å². The smallest absolute Gasteiger partial charge is 0.328 e. The van der Waals surface area contributed by atoms with Gasteiger partial charge in [-0.1, -0.05) is 12.1 Å². The van der Waals surface area contributed by atoms with Crippen molar-refractivity contribution in [3.63, 3.8) is 0 Å². The van der Waals surface area contributed by atoms with E-state index in [-0.39, 0.29) is 0 Å². The fourth-order valence-corrected chi connectivity index (χ4v) is 2.14. The molecule has 0 amide bonds. The van der Waals surface area contributed by atoms with Crippen molar-refractivity contribution in [3.05, 3.63) is 58.6 Å². The van der Waals surface area contributed by atoms with Gasteiger partial charge in [0.2, 0.25) is 0 Å². The summed E-state index contributed by atoms with van der Waals surface area (Å²) in [5, 5.41) is 8.61. The van der Waals surface area contributed by atoms with Crippen LogP contribution in [0.15, 0.2) is 53.0 Å². The lowest BCUT2D eigenvalue weighted by Crippen LogP contribution is -1.89. The number of halogens is 1. The van der Waals surface area contributed by atoms with Crippen LogP contribution in [-0.2, 0) is 4.79 Å². The molecule has 2 aromatic rings. The standard InChI is InChI=1S/C16H13BrO4/c1-20-12-3-2-4-13(10-12)21-15-7-5-11(9-14(15)17)6-8-16(18)19/h2-10H,1H3,(H,18,19)/b8-6+. The van der Waals surface area contributed by atoms with Crippen molar-refractivity contribution in [1.82, 2.24) is 0 Å². The molecule has 2 aromatic carbocycles. The molecule has 0 heterocycles. The van der Waals surface area contributed by atoms with E-state index in [2.05, 4.69) is 15.9 Å². The van der Waals surface area contributed by atoms with Crippen molar-refractivity contribution in [2.75, 3.05) is 7.11 Å². The highest BCUT2D eigenvalue weighted by Crippen LogP contribution is 2.32. The van der Waals surface area contributed by atoms with Gasteiger partial charge in [-0.15, -0.1) is 0 Å². The van der Waals surface area contributed by atoms with Gasteiger partial charge in [0, 0.05) is 12.1 Å². The number of carbonyl (C=O) groups is 1. The highest BCUT2D eigenvalue weighted by Gasteiger charge is 2.04. The molecule has 0 radical (unpaired) electrons. The largest absolute Gasteiger partial charge is 0.497 e. The van der Waals surface area contributed by atoms with Gasteiger partial charge >= 0.3 is 5.97 Å².